The molecule has 0 spiro atoms. The van der Waals surface area contributed by atoms with Gasteiger partial charge in [0.15, 0.2) is 15.8 Å². The summed E-state index contributed by atoms with van der Waals surface area (Å²) >= 11 is 1.67. The quantitative estimate of drug-likeness (QED) is 0.514. The Hall–Kier alpha value is -2.00. The second-order valence-electron chi connectivity index (χ2n) is 5.94. The Bertz CT molecular complexity index is 875. The predicted octanol–water partition coefficient (Wildman–Crippen LogP) is 2.47. The topological polar surface area (TPSA) is 83.5 Å². The Morgan fingerprint density at radius 2 is 2.00 bits per heavy atom. The number of hydrogen-bond acceptors (Lipinski definition) is 5. The van der Waals surface area contributed by atoms with Gasteiger partial charge in [0, 0.05) is 24.4 Å². The molecule has 0 amide bonds. The van der Waals surface area contributed by atoms with Gasteiger partial charge in [0.25, 0.3) is 0 Å². The summed E-state index contributed by atoms with van der Waals surface area (Å²) in [6.45, 7) is 7.30. The number of sulfone groups is 1. The number of halogens is 1. The second-order valence-corrected chi connectivity index (χ2v) is 9.30. The minimum absolute atomic E-state index is 0.0431. The molecule has 2 aromatic rings. The summed E-state index contributed by atoms with van der Waals surface area (Å²) in [4.78, 5) is 9.70. The van der Waals surface area contributed by atoms with E-state index in [9.17, 15) is 12.8 Å². The van der Waals surface area contributed by atoms with Crippen LogP contribution >= 0.6 is 11.3 Å². The summed E-state index contributed by atoms with van der Waals surface area (Å²) in [5.74, 6) is -0.457. The predicted molar refractivity (Wildman–Crippen MR) is 108 cm³/mol. The minimum atomic E-state index is -3.71. The van der Waals surface area contributed by atoms with E-state index in [1.807, 2.05) is 20.8 Å². The first-order valence-corrected chi connectivity index (χ1v) is 11.2. The van der Waals surface area contributed by atoms with Gasteiger partial charge < -0.3 is 10.6 Å². The number of aryl methyl sites for hydroxylation is 2. The van der Waals surface area contributed by atoms with Crippen LogP contribution in [-0.4, -0.2) is 44.7 Å². The molecule has 0 saturated heterocycles. The number of guanidine groups is 1. The largest absolute Gasteiger partial charge is 0.357 e. The molecule has 148 valence electrons. The van der Waals surface area contributed by atoms with Crippen LogP contribution in [-0.2, 0) is 16.3 Å². The third-order valence-corrected chi connectivity index (χ3v) is 6.70. The van der Waals surface area contributed by atoms with Crippen molar-refractivity contribution in [2.24, 2.45) is 4.99 Å². The summed E-state index contributed by atoms with van der Waals surface area (Å²) in [5.41, 5.74) is 1.05. The summed E-state index contributed by atoms with van der Waals surface area (Å²) < 4.78 is 38.2. The number of rotatable bonds is 8. The molecule has 0 aliphatic carbocycles. The van der Waals surface area contributed by atoms with Crippen LogP contribution < -0.4 is 10.6 Å². The van der Waals surface area contributed by atoms with Gasteiger partial charge in [-0.05, 0) is 32.9 Å². The molecule has 6 nitrogen and oxygen atoms in total. The molecule has 1 heterocycles. The van der Waals surface area contributed by atoms with Crippen molar-refractivity contribution in [2.45, 2.75) is 32.1 Å². The van der Waals surface area contributed by atoms with Crippen LogP contribution in [0.2, 0.25) is 0 Å². The van der Waals surface area contributed by atoms with Crippen molar-refractivity contribution in [3.05, 3.63) is 45.7 Å². The minimum Gasteiger partial charge on any atom is -0.357 e. The molecule has 0 radical (unpaired) electrons. The molecule has 9 heteroatoms. The van der Waals surface area contributed by atoms with Crippen molar-refractivity contribution in [3.63, 3.8) is 0 Å². The number of hydrogen-bond donors (Lipinski definition) is 2. The van der Waals surface area contributed by atoms with Crippen LogP contribution in [0.4, 0.5) is 4.39 Å². The Kier molecular flexibility index (Phi) is 7.73. The maximum absolute atomic E-state index is 13.7. The van der Waals surface area contributed by atoms with Gasteiger partial charge in [-0.1, -0.05) is 12.1 Å². The molecule has 0 unspecified atom stereocenters. The van der Waals surface area contributed by atoms with Gasteiger partial charge in [0.1, 0.15) is 10.7 Å². The van der Waals surface area contributed by atoms with Gasteiger partial charge in [-0.15, -0.1) is 11.3 Å². The molecule has 0 aliphatic rings. The first-order chi connectivity index (χ1) is 12.8. The van der Waals surface area contributed by atoms with E-state index in [0.717, 1.165) is 23.2 Å². The van der Waals surface area contributed by atoms with E-state index in [1.165, 1.54) is 23.1 Å². The Morgan fingerprint density at radius 3 is 2.63 bits per heavy atom. The van der Waals surface area contributed by atoms with Crippen molar-refractivity contribution >= 4 is 27.1 Å². The molecule has 1 aromatic heterocycles. The SMILES string of the molecule is CCNC(=NCCS(=O)(=O)c1ccccc1F)NCCc1nc(C)c(C)s1. The fraction of sp³-hybridized carbons (Fsp3) is 0.444. The van der Waals surface area contributed by atoms with Crippen LogP contribution in [0.5, 0.6) is 0 Å². The van der Waals surface area contributed by atoms with Gasteiger partial charge in [-0.3, -0.25) is 4.99 Å². The van der Waals surface area contributed by atoms with Gasteiger partial charge in [-0.2, -0.15) is 0 Å². The number of benzene rings is 1. The summed E-state index contributed by atoms with van der Waals surface area (Å²) in [6, 6.07) is 5.39. The zero-order valence-electron chi connectivity index (χ0n) is 15.8. The number of aromatic nitrogens is 1. The van der Waals surface area contributed by atoms with Crippen molar-refractivity contribution in [1.82, 2.24) is 15.6 Å². The lowest BCUT2D eigenvalue weighted by atomic mass is 10.3. The molecule has 1 aromatic carbocycles. The normalized spacial score (nSPS) is 12.2. The second kappa shape index (κ2) is 9.80. The lowest BCUT2D eigenvalue weighted by Gasteiger charge is -2.11. The van der Waals surface area contributed by atoms with Gasteiger partial charge in [0.2, 0.25) is 0 Å². The molecule has 27 heavy (non-hydrogen) atoms. The summed E-state index contributed by atoms with van der Waals surface area (Å²) in [5, 5.41) is 7.30. The van der Waals surface area contributed by atoms with Gasteiger partial charge in [-0.25, -0.2) is 17.8 Å². The van der Waals surface area contributed by atoms with Crippen LogP contribution in [0.3, 0.4) is 0 Å². The van der Waals surface area contributed by atoms with Crippen molar-refractivity contribution in [3.8, 4) is 0 Å². The molecule has 0 saturated carbocycles. The van der Waals surface area contributed by atoms with Crippen LogP contribution in [0.1, 0.15) is 22.5 Å². The van der Waals surface area contributed by atoms with E-state index in [2.05, 4.69) is 20.6 Å². The van der Waals surface area contributed by atoms with Crippen molar-refractivity contribution in [1.29, 1.82) is 0 Å². The number of thiazole rings is 1. The van der Waals surface area contributed by atoms with E-state index < -0.39 is 15.7 Å². The molecule has 0 atom stereocenters. The third-order valence-electron chi connectivity index (χ3n) is 3.85. The monoisotopic (exact) mass is 412 g/mol. The average molecular weight is 413 g/mol. The van der Waals surface area contributed by atoms with E-state index in [-0.39, 0.29) is 17.2 Å². The highest BCUT2D eigenvalue weighted by Gasteiger charge is 2.18. The standard InChI is InChI=1S/C18H25FN4O2S2/c1-4-20-18(21-10-9-17-23-13(2)14(3)26-17)22-11-12-27(24,25)16-8-6-5-7-15(16)19/h5-8H,4,9-12H2,1-3H3,(H2,20,21,22). The van der Waals surface area contributed by atoms with Crippen LogP contribution in [0, 0.1) is 19.7 Å². The molecule has 0 bridgehead atoms. The highest BCUT2D eigenvalue weighted by atomic mass is 32.2. The van der Waals surface area contributed by atoms with Gasteiger partial charge >= 0.3 is 0 Å². The highest BCUT2D eigenvalue weighted by Crippen LogP contribution is 2.16. The lowest BCUT2D eigenvalue weighted by molar-refractivity contribution is 0.567. The zero-order valence-corrected chi connectivity index (χ0v) is 17.4. The van der Waals surface area contributed by atoms with Crippen LogP contribution in [0.25, 0.3) is 0 Å². The average Bonchev–Trinajstić information content (AvgIpc) is 2.93. The van der Waals surface area contributed by atoms with Crippen LogP contribution in [0.15, 0.2) is 34.2 Å². The maximum Gasteiger partial charge on any atom is 0.191 e. The van der Waals surface area contributed by atoms with E-state index in [4.69, 9.17) is 0 Å². The summed E-state index contributed by atoms with van der Waals surface area (Å²) in [7, 11) is -3.71. The third kappa shape index (κ3) is 6.28. The Balaban J connectivity index is 1.91. The smallest absolute Gasteiger partial charge is 0.191 e. The van der Waals surface area contributed by atoms with E-state index in [1.54, 1.807) is 11.3 Å². The highest BCUT2D eigenvalue weighted by molar-refractivity contribution is 7.91. The first-order valence-electron chi connectivity index (χ1n) is 8.76. The van der Waals surface area contributed by atoms with Gasteiger partial charge in [0.05, 0.1) is 23.0 Å². The molecule has 2 N–H and O–H groups in total. The first kappa shape index (κ1) is 21.3. The van der Waals surface area contributed by atoms with Crippen molar-refractivity contribution < 1.29 is 12.8 Å². The summed E-state index contributed by atoms with van der Waals surface area (Å²) in [6.07, 6.45) is 0.761. The molecular weight excluding hydrogens is 387 g/mol. The van der Waals surface area contributed by atoms with Crippen molar-refractivity contribution in [2.75, 3.05) is 25.4 Å². The number of nitrogens with one attached hydrogen (secondary N) is 2. The molecule has 0 aliphatic heterocycles. The fourth-order valence-electron chi connectivity index (χ4n) is 2.36. The van der Waals surface area contributed by atoms with E-state index in [0.29, 0.717) is 19.0 Å². The molecule has 2 rings (SSSR count). The fourth-order valence-corrected chi connectivity index (χ4v) is 4.50. The Morgan fingerprint density at radius 1 is 1.26 bits per heavy atom. The maximum atomic E-state index is 13.7. The number of aliphatic imine (C=N–C) groups is 1. The lowest BCUT2D eigenvalue weighted by Crippen LogP contribution is -2.38. The van der Waals surface area contributed by atoms with E-state index >= 15 is 0 Å². The zero-order chi connectivity index (χ0) is 19.9. The number of nitrogens with zero attached hydrogens (tertiary/aromatic N) is 2. The molecular formula is C18H25FN4O2S2. The molecule has 0 fully saturated rings. The Labute approximate surface area is 163 Å².